The molecular formula is C14H19NO4. The Hall–Kier alpha value is -1.59. The third-order valence-corrected chi connectivity index (χ3v) is 3.30. The van der Waals surface area contributed by atoms with E-state index in [1.54, 1.807) is 23.1 Å². The quantitative estimate of drug-likeness (QED) is 0.837. The fourth-order valence-electron chi connectivity index (χ4n) is 2.22. The third-order valence-electron chi connectivity index (χ3n) is 3.30. The van der Waals surface area contributed by atoms with Crippen molar-refractivity contribution in [2.45, 2.75) is 25.5 Å². The van der Waals surface area contributed by atoms with Crippen molar-refractivity contribution in [1.29, 1.82) is 0 Å². The first-order valence-electron chi connectivity index (χ1n) is 6.40. The van der Waals surface area contributed by atoms with Gasteiger partial charge in [-0.1, -0.05) is 12.1 Å². The standard InChI is InChI=1S/C14H19NO4/c1-10-9-19-13(8-16)7-15(10)14(18)6-11-3-2-4-12(17)5-11/h2-5,10,13,16-17H,6-9H2,1H3. The number of morpholine rings is 1. The summed E-state index contributed by atoms with van der Waals surface area (Å²) in [5, 5.41) is 18.5. The van der Waals surface area contributed by atoms with Gasteiger partial charge in [0.15, 0.2) is 0 Å². The maximum atomic E-state index is 12.3. The van der Waals surface area contributed by atoms with E-state index in [2.05, 4.69) is 0 Å². The van der Waals surface area contributed by atoms with Crippen molar-refractivity contribution in [3.8, 4) is 5.75 Å². The highest BCUT2D eigenvalue weighted by Gasteiger charge is 2.29. The first-order valence-corrected chi connectivity index (χ1v) is 6.40. The van der Waals surface area contributed by atoms with Gasteiger partial charge in [-0.3, -0.25) is 4.79 Å². The monoisotopic (exact) mass is 265 g/mol. The van der Waals surface area contributed by atoms with E-state index in [9.17, 15) is 9.90 Å². The van der Waals surface area contributed by atoms with Crippen LogP contribution in [0.1, 0.15) is 12.5 Å². The topological polar surface area (TPSA) is 70.0 Å². The number of ether oxygens (including phenoxy) is 1. The van der Waals surface area contributed by atoms with Crippen molar-refractivity contribution in [1.82, 2.24) is 4.90 Å². The van der Waals surface area contributed by atoms with Gasteiger partial charge in [0.05, 0.1) is 31.8 Å². The van der Waals surface area contributed by atoms with Crippen molar-refractivity contribution in [2.24, 2.45) is 0 Å². The van der Waals surface area contributed by atoms with Gasteiger partial charge in [0.2, 0.25) is 5.91 Å². The Morgan fingerprint density at radius 1 is 1.53 bits per heavy atom. The smallest absolute Gasteiger partial charge is 0.227 e. The van der Waals surface area contributed by atoms with Crippen LogP contribution in [-0.2, 0) is 16.0 Å². The highest BCUT2D eigenvalue weighted by molar-refractivity contribution is 5.79. The number of phenolic OH excluding ortho intramolecular Hbond substituents is 1. The summed E-state index contributed by atoms with van der Waals surface area (Å²) in [5.41, 5.74) is 0.782. The van der Waals surface area contributed by atoms with Crippen molar-refractivity contribution in [2.75, 3.05) is 19.8 Å². The van der Waals surface area contributed by atoms with Crippen LogP contribution >= 0.6 is 0 Å². The predicted molar refractivity (Wildman–Crippen MR) is 69.8 cm³/mol. The largest absolute Gasteiger partial charge is 0.508 e. The summed E-state index contributed by atoms with van der Waals surface area (Å²) in [5.74, 6) is 0.147. The summed E-state index contributed by atoms with van der Waals surface area (Å²) in [6.07, 6.45) is -0.0546. The van der Waals surface area contributed by atoms with Crippen LogP contribution in [0.25, 0.3) is 0 Å². The van der Waals surface area contributed by atoms with E-state index in [1.807, 2.05) is 13.0 Å². The minimum absolute atomic E-state index is 0.00705. The normalized spacial score (nSPS) is 23.4. The number of phenols is 1. The Morgan fingerprint density at radius 3 is 3.00 bits per heavy atom. The van der Waals surface area contributed by atoms with E-state index in [4.69, 9.17) is 9.84 Å². The molecule has 1 heterocycles. The zero-order valence-electron chi connectivity index (χ0n) is 11.0. The van der Waals surface area contributed by atoms with Gasteiger partial charge in [0.25, 0.3) is 0 Å². The van der Waals surface area contributed by atoms with Crippen LogP contribution in [0.5, 0.6) is 5.75 Å². The van der Waals surface area contributed by atoms with Crippen LogP contribution in [0.4, 0.5) is 0 Å². The zero-order valence-corrected chi connectivity index (χ0v) is 11.0. The average Bonchev–Trinajstić information content (AvgIpc) is 2.39. The Labute approximate surface area is 112 Å². The van der Waals surface area contributed by atoms with Crippen molar-refractivity contribution < 1.29 is 19.7 Å². The van der Waals surface area contributed by atoms with Gasteiger partial charge >= 0.3 is 0 Å². The molecule has 1 amide bonds. The number of hydrogen-bond donors (Lipinski definition) is 2. The van der Waals surface area contributed by atoms with Gasteiger partial charge in [0, 0.05) is 6.54 Å². The summed E-state index contributed by atoms with van der Waals surface area (Å²) in [4.78, 5) is 14.0. The average molecular weight is 265 g/mol. The molecule has 0 bridgehead atoms. The van der Waals surface area contributed by atoms with Crippen LogP contribution in [-0.4, -0.2) is 52.9 Å². The Kier molecular flexibility index (Phi) is 4.39. The van der Waals surface area contributed by atoms with Gasteiger partial charge < -0.3 is 19.8 Å². The summed E-state index contributed by atoms with van der Waals surface area (Å²) in [6.45, 7) is 2.70. The van der Waals surface area contributed by atoms with E-state index in [0.29, 0.717) is 13.2 Å². The molecule has 2 N–H and O–H groups in total. The third kappa shape index (κ3) is 3.45. The molecule has 5 heteroatoms. The molecule has 0 spiro atoms. The van der Waals surface area contributed by atoms with Crippen LogP contribution in [0, 0.1) is 0 Å². The molecule has 0 saturated carbocycles. The summed E-state index contributed by atoms with van der Waals surface area (Å²) >= 11 is 0. The minimum Gasteiger partial charge on any atom is -0.508 e. The van der Waals surface area contributed by atoms with Crippen LogP contribution in [0.2, 0.25) is 0 Å². The molecule has 5 nitrogen and oxygen atoms in total. The van der Waals surface area contributed by atoms with E-state index in [0.717, 1.165) is 5.56 Å². The number of aliphatic hydroxyl groups excluding tert-OH is 1. The SMILES string of the molecule is CC1COC(CO)CN1C(=O)Cc1cccc(O)c1. The highest BCUT2D eigenvalue weighted by atomic mass is 16.5. The summed E-state index contributed by atoms with van der Waals surface area (Å²) in [7, 11) is 0. The number of rotatable bonds is 3. The van der Waals surface area contributed by atoms with Crippen molar-refractivity contribution in [3.05, 3.63) is 29.8 Å². The molecule has 1 fully saturated rings. The number of hydrogen-bond acceptors (Lipinski definition) is 4. The second-order valence-corrected chi connectivity index (χ2v) is 4.88. The van der Waals surface area contributed by atoms with Gasteiger partial charge in [-0.05, 0) is 24.6 Å². The van der Waals surface area contributed by atoms with Crippen molar-refractivity contribution >= 4 is 5.91 Å². The molecule has 0 radical (unpaired) electrons. The number of aromatic hydroxyl groups is 1. The summed E-state index contributed by atoms with van der Waals surface area (Å²) in [6, 6.07) is 6.70. The van der Waals surface area contributed by atoms with Crippen LogP contribution in [0.3, 0.4) is 0 Å². The van der Waals surface area contributed by atoms with Gasteiger partial charge in [-0.2, -0.15) is 0 Å². The fourth-order valence-corrected chi connectivity index (χ4v) is 2.22. The van der Waals surface area contributed by atoms with E-state index in [-0.39, 0.29) is 36.8 Å². The molecule has 1 aliphatic heterocycles. The minimum atomic E-state index is -0.302. The molecular weight excluding hydrogens is 246 g/mol. The number of aliphatic hydroxyl groups is 1. The molecule has 1 aromatic rings. The molecule has 2 rings (SSSR count). The molecule has 1 aliphatic rings. The lowest BCUT2D eigenvalue weighted by Gasteiger charge is -2.37. The maximum Gasteiger partial charge on any atom is 0.227 e. The Bertz CT molecular complexity index is 449. The highest BCUT2D eigenvalue weighted by Crippen LogP contribution is 2.16. The van der Waals surface area contributed by atoms with E-state index >= 15 is 0 Å². The van der Waals surface area contributed by atoms with Gasteiger partial charge in [0.1, 0.15) is 5.75 Å². The molecule has 1 aromatic carbocycles. The molecule has 0 aromatic heterocycles. The number of carbonyl (C=O) groups is 1. The number of benzene rings is 1. The zero-order chi connectivity index (χ0) is 13.8. The van der Waals surface area contributed by atoms with Gasteiger partial charge in [-0.25, -0.2) is 0 Å². The Morgan fingerprint density at radius 2 is 2.32 bits per heavy atom. The number of carbonyl (C=O) groups excluding carboxylic acids is 1. The molecule has 0 aliphatic carbocycles. The van der Waals surface area contributed by atoms with E-state index in [1.165, 1.54) is 0 Å². The Balaban J connectivity index is 2.02. The lowest BCUT2D eigenvalue weighted by atomic mass is 10.1. The maximum absolute atomic E-state index is 12.3. The van der Waals surface area contributed by atoms with Crippen LogP contribution < -0.4 is 0 Å². The molecule has 19 heavy (non-hydrogen) atoms. The molecule has 1 saturated heterocycles. The lowest BCUT2D eigenvalue weighted by molar-refractivity contribution is -0.145. The second kappa shape index (κ2) is 6.04. The second-order valence-electron chi connectivity index (χ2n) is 4.88. The van der Waals surface area contributed by atoms with E-state index < -0.39 is 0 Å². The lowest BCUT2D eigenvalue weighted by Crippen LogP contribution is -2.52. The molecule has 2 atom stereocenters. The number of amides is 1. The number of nitrogens with zero attached hydrogens (tertiary/aromatic N) is 1. The first-order chi connectivity index (χ1) is 9.10. The van der Waals surface area contributed by atoms with Crippen molar-refractivity contribution in [3.63, 3.8) is 0 Å². The molecule has 104 valence electrons. The molecule has 2 unspecified atom stereocenters. The first kappa shape index (κ1) is 13.8. The predicted octanol–water partition coefficient (Wildman–Crippen LogP) is 0.543. The fraction of sp³-hybridized carbons (Fsp3) is 0.500. The summed E-state index contributed by atoms with van der Waals surface area (Å²) < 4.78 is 5.41. The van der Waals surface area contributed by atoms with Crippen LogP contribution in [0.15, 0.2) is 24.3 Å². The van der Waals surface area contributed by atoms with Gasteiger partial charge in [-0.15, -0.1) is 0 Å².